The number of aromatic nitrogens is 3. The van der Waals surface area contributed by atoms with E-state index in [2.05, 4.69) is 9.97 Å². The lowest BCUT2D eigenvalue weighted by Crippen LogP contribution is -1.98. The molecule has 0 bridgehead atoms. The first kappa shape index (κ1) is 12.7. The summed E-state index contributed by atoms with van der Waals surface area (Å²) >= 11 is 0. The summed E-state index contributed by atoms with van der Waals surface area (Å²) in [6, 6.07) is 2.58. The van der Waals surface area contributed by atoms with Gasteiger partial charge in [0.1, 0.15) is 11.3 Å². The summed E-state index contributed by atoms with van der Waals surface area (Å²) in [5.41, 5.74) is 3.48. The van der Waals surface area contributed by atoms with E-state index >= 15 is 0 Å². The molecule has 2 aromatic heterocycles. The van der Waals surface area contributed by atoms with Crippen LogP contribution in [0, 0.1) is 25.5 Å². The Balaban J connectivity index is 2.36. The fourth-order valence-electron chi connectivity index (χ4n) is 2.33. The van der Waals surface area contributed by atoms with E-state index in [1.54, 1.807) is 24.0 Å². The van der Waals surface area contributed by atoms with Crippen LogP contribution in [0.25, 0.3) is 22.4 Å². The lowest BCUT2D eigenvalue weighted by atomic mass is 10.1. The molecule has 0 N–H and O–H groups in total. The average Bonchev–Trinajstić information content (AvgIpc) is 2.75. The highest BCUT2D eigenvalue weighted by Crippen LogP contribution is 2.28. The summed E-state index contributed by atoms with van der Waals surface area (Å²) < 4.78 is 28.8. The first-order valence-corrected chi connectivity index (χ1v) is 6.22. The maximum Gasteiger partial charge on any atom is 0.184 e. The number of pyridine rings is 1. The first-order valence-electron chi connectivity index (χ1n) is 6.22. The predicted molar refractivity (Wildman–Crippen MR) is 73.3 cm³/mol. The zero-order valence-electron chi connectivity index (χ0n) is 11.4. The van der Waals surface area contributed by atoms with Gasteiger partial charge in [-0.05, 0) is 37.1 Å². The van der Waals surface area contributed by atoms with Gasteiger partial charge >= 0.3 is 0 Å². The number of benzene rings is 1. The Kier molecular flexibility index (Phi) is 2.78. The van der Waals surface area contributed by atoms with E-state index in [1.165, 1.54) is 6.07 Å². The van der Waals surface area contributed by atoms with Crippen LogP contribution < -0.4 is 0 Å². The van der Waals surface area contributed by atoms with Crippen LogP contribution >= 0.6 is 0 Å². The van der Waals surface area contributed by atoms with Crippen molar-refractivity contribution in [2.75, 3.05) is 0 Å². The van der Waals surface area contributed by atoms with Crippen LogP contribution in [0.4, 0.5) is 8.78 Å². The number of hydrogen-bond donors (Lipinski definition) is 0. The van der Waals surface area contributed by atoms with E-state index in [-0.39, 0.29) is 5.52 Å². The standard InChI is InChI=1S/C15H13F2N3/c1-8-6-18-7-10(9(8)2)15-19-12-5-4-11(16)13(17)14(12)20(15)3/h4-7H,1-3H3. The number of rotatable bonds is 1. The fraction of sp³-hybridized carbons (Fsp3) is 0.200. The van der Waals surface area contributed by atoms with Crippen LogP contribution in [0.15, 0.2) is 24.5 Å². The maximum absolute atomic E-state index is 13.9. The third-order valence-corrected chi connectivity index (χ3v) is 3.64. The minimum atomic E-state index is -0.873. The predicted octanol–water partition coefficient (Wildman–Crippen LogP) is 3.53. The molecule has 20 heavy (non-hydrogen) atoms. The summed E-state index contributed by atoms with van der Waals surface area (Å²) in [7, 11) is 1.68. The SMILES string of the molecule is Cc1cncc(-c2nc3ccc(F)c(F)c3n2C)c1C. The Hall–Kier alpha value is -2.30. The highest BCUT2D eigenvalue weighted by Gasteiger charge is 2.17. The van der Waals surface area contributed by atoms with E-state index in [1.807, 2.05) is 13.8 Å². The molecule has 0 radical (unpaired) electrons. The van der Waals surface area contributed by atoms with E-state index in [0.717, 1.165) is 22.8 Å². The Morgan fingerprint density at radius 1 is 1.10 bits per heavy atom. The first-order chi connectivity index (χ1) is 9.50. The number of hydrogen-bond acceptors (Lipinski definition) is 2. The van der Waals surface area contributed by atoms with E-state index in [9.17, 15) is 8.78 Å². The van der Waals surface area contributed by atoms with Crippen LogP contribution in [-0.4, -0.2) is 14.5 Å². The molecule has 5 heteroatoms. The number of nitrogens with zero attached hydrogens (tertiary/aromatic N) is 3. The van der Waals surface area contributed by atoms with Crippen molar-refractivity contribution in [3.8, 4) is 11.4 Å². The summed E-state index contributed by atoms with van der Waals surface area (Å²) in [6.07, 6.45) is 3.46. The van der Waals surface area contributed by atoms with E-state index < -0.39 is 11.6 Å². The molecule has 0 aliphatic carbocycles. The monoisotopic (exact) mass is 273 g/mol. The van der Waals surface area contributed by atoms with Gasteiger partial charge in [0, 0.05) is 25.0 Å². The summed E-state index contributed by atoms with van der Waals surface area (Å²) in [5, 5.41) is 0. The van der Waals surface area contributed by atoms with Gasteiger partial charge in [0.05, 0.1) is 5.52 Å². The quantitative estimate of drug-likeness (QED) is 0.679. The number of halogens is 2. The lowest BCUT2D eigenvalue weighted by Gasteiger charge is -2.08. The highest BCUT2D eigenvalue weighted by molar-refractivity contribution is 5.81. The normalized spacial score (nSPS) is 11.2. The molecule has 0 amide bonds. The second-order valence-electron chi connectivity index (χ2n) is 4.85. The van der Waals surface area contributed by atoms with Crippen molar-refractivity contribution >= 4 is 11.0 Å². The van der Waals surface area contributed by atoms with Crippen molar-refractivity contribution in [3.05, 3.63) is 47.3 Å². The molecule has 3 rings (SSSR count). The molecule has 0 aliphatic heterocycles. The maximum atomic E-state index is 13.9. The summed E-state index contributed by atoms with van der Waals surface area (Å²) in [5.74, 6) is -1.16. The molecule has 3 aromatic rings. The van der Waals surface area contributed by atoms with Crippen molar-refractivity contribution < 1.29 is 8.78 Å². The fourth-order valence-corrected chi connectivity index (χ4v) is 2.33. The van der Waals surface area contributed by atoms with Gasteiger partial charge in [-0.1, -0.05) is 0 Å². The molecule has 0 aliphatic rings. The Bertz CT molecular complexity index is 822. The largest absolute Gasteiger partial charge is 0.325 e. The number of fused-ring (bicyclic) bond motifs is 1. The van der Waals surface area contributed by atoms with Crippen molar-refractivity contribution in [3.63, 3.8) is 0 Å². The van der Waals surface area contributed by atoms with Crippen LogP contribution in [0.5, 0.6) is 0 Å². The lowest BCUT2D eigenvalue weighted by molar-refractivity contribution is 0.513. The van der Waals surface area contributed by atoms with Gasteiger partial charge in [-0.2, -0.15) is 0 Å². The highest BCUT2D eigenvalue weighted by atomic mass is 19.2. The number of imidazole rings is 1. The zero-order valence-corrected chi connectivity index (χ0v) is 11.4. The molecular formula is C15H13F2N3. The molecule has 3 nitrogen and oxygen atoms in total. The second-order valence-corrected chi connectivity index (χ2v) is 4.85. The average molecular weight is 273 g/mol. The molecule has 0 unspecified atom stereocenters. The smallest absolute Gasteiger partial charge is 0.184 e. The molecule has 0 spiro atoms. The molecular weight excluding hydrogens is 260 g/mol. The molecule has 2 heterocycles. The van der Waals surface area contributed by atoms with Crippen LogP contribution in [0.1, 0.15) is 11.1 Å². The summed E-state index contributed by atoms with van der Waals surface area (Å²) in [6.45, 7) is 3.91. The van der Waals surface area contributed by atoms with E-state index in [0.29, 0.717) is 11.3 Å². The van der Waals surface area contributed by atoms with Crippen molar-refractivity contribution in [1.82, 2.24) is 14.5 Å². The van der Waals surface area contributed by atoms with Crippen LogP contribution in [0.2, 0.25) is 0 Å². The van der Waals surface area contributed by atoms with Gasteiger partial charge in [-0.3, -0.25) is 4.98 Å². The minimum Gasteiger partial charge on any atom is -0.325 e. The Morgan fingerprint density at radius 3 is 2.60 bits per heavy atom. The Labute approximate surface area is 114 Å². The molecule has 0 fully saturated rings. The zero-order chi connectivity index (χ0) is 14.4. The summed E-state index contributed by atoms with van der Waals surface area (Å²) in [4.78, 5) is 8.55. The second kappa shape index (κ2) is 4.37. The van der Waals surface area contributed by atoms with Gasteiger partial charge in [0.2, 0.25) is 0 Å². The third kappa shape index (κ3) is 1.70. The van der Waals surface area contributed by atoms with Gasteiger partial charge in [-0.25, -0.2) is 13.8 Å². The molecule has 102 valence electrons. The number of aryl methyl sites for hydroxylation is 2. The topological polar surface area (TPSA) is 30.7 Å². The third-order valence-electron chi connectivity index (χ3n) is 3.64. The van der Waals surface area contributed by atoms with Gasteiger partial charge in [-0.15, -0.1) is 0 Å². The van der Waals surface area contributed by atoms with Gasteiger partial charge < -0.3 is 4.57 Å². The minimum absolute atomic E-state index is 0.168. The van der Waals surface area contributed by atoms with Crippen molar-refractivity contribution in [2.45, 2.75) is 13.8 Å². The molecule has 0 atom stereocenters. The van der Waals surface area contributed by atoms with Crippen molar-refractivity contribution in [2.24, 2.45) is 7.05 Å². The Morgan fingerprint density at radius 2 is 1.85 bits per heavy atom. The van der Waals surface area contributed by atoms with Crippen LogP contribution in [0.3, 0.4) is 0 Å². The molecule has 0 saturated heterocycles. The van der Waals surface area contributed by atoms with Gasteiger partial charge in [0.25, 0.3) is 0 Å². The van der Waals surface area contributed by atoms with Crippen molar-refractivity contribution in [1.29, 1.82) is 0 Å². The van der Waals surface area contributed by atoms with Gasteiger partial charge in [0.15, 0.2) is 11.6 Å². The van der Waals surface area contributed by atoms with Crippen LogP contribution in [-0.2, 0) is 7.05 Å². The van der Waals surface area contributed by atoms with E-state index in [4.69, 9.17) is 0 Å². The molecule has 1 aromatic carbocycles. The molecule has 0 saturated carbocycles.